The highest BCUT2D eigenvalue weighted by Gasteiger charge is 2.17. The van der Waals surface area contributed by atoms with E-state index in [-0.39, 0.29) is 36.2 Å². The molecule has 0 saturated carbocycles. The summed E-state index contributed by atoms with van der Waals surface area (Å²) in [5.41, 5.74) is 2.09. The third-order valence-electron chi connectivity index (χ3n) is 5.18. The van der Waals surface area contributed by atoms with Crippen molar-refractivity contribution in [3.63, 3.8) is 0 Å². The van der Waals surface area contributed by atoms with Crippen LogP contribution in [0.2, 0.25) is 0 Å². The van der Waals surface area contributed by atoms with Crippen LogP contribution >= 0.6 is 11.8 Å². The van der Waals surface area contributed by atoms with Gasteiger partial charge in [-0.3, -0.25) is 14.2 Å². The number of aromatic nitrogens is 3. The lowest BCUT2D eigenvalue weighted by Gasteiger charge is -2.11. The number of hydrogen-bond donors (Lipinski definition) is 1. The van der Waals surface area contributed by atoms with Crippen molar-refractivity contribution in [2.24, 2.45) is 0 Å². The number of hydrogen-bond acceptors (Lipinski definition) is 6. The highest BCUT2D eigenvalue weighted by atomic mass is 32.2. The van der Waals surface area contributed by atoms with Crippen molar-refractivity contribution in [3.8, 4) is 11.4 Å². The van der Waals surface area contributed by atoms with Gasteiger partial charge in [0.05, 0.1) is 25.8 Å². The van der Waals surface area contributed by atoms with Gasteiger partial charge in [-0.05, 0) is 42.0 Å². The van der Waals surface area contributed by atoms with Gasteiger partial charge in [-0.2, -0.15) is 0 Å². The highest BCUT2D eigenvalue weighted by molar-refractivity contribution is 7.99. The zero-order chi connectivity index (χ0) is 24.6. The van der Waals surface area contributed by atoms with Gasteiger partial charge < -0.3 is 10.1 Å². The molecule has 0 saturated heterocycles. The Kier molecular flexibility index (Phi) is 7.89. The molecule has 0 bridgehead atoms. The number of ether oxygens (including phenoxy) is 1. The van der Waals surface area contributed by atoms with Crippen LogP contribution in [0.25, 0.3) is 5.69 Å². The van der Waals surface area contributed by atoms with Crippen molar-refractivity contribution in [2.45, 2.75) is 18.1 Å². The molecule has 0 aliphatic rings. The van der Waals surface area contributed by atoms with E-state index in [1.165, 1.54) is 23.9 Å². The number of amides is 1. The largest absolute Gasteiger partial charge is 0.497 e. The number of ketones is 1. The number of carbonyl (C=O) groups is 2. The van der Waals surface area contributed by atoms with E-state index in [1.807, 2.05) is 30.3 Å². The Hall–Kier alpha value is -3.98. The number of rotatable bonds is 10. The molecule has 3 aromatic carbocycles. The highest BCUT2D eigenvalue weighted by Crippen LogP contribution is 2.23. The number of methoxy groups -OCH3 is 1. The standard InChI is InChI=1S/C26H23FN4O3S/c1-34-22-13-7-18(8-14-22)15-25(33)28-16-24-29-30-26(31(24)21-11-9-20(27)10-12-21)35-17-23(32)19-5-3-2-4-6-19/h2-14H,15-17H2,1H3,(H,28,33). The molecule has 9 heteroatoms. The van der Waals surface area contributed by atoms with E-state index in [2.05, 4.69) is 15.5 Å². The molecule has 7 nitrogen and oxygen atoms in total. The topological polar surface area (TPSA) is 86.1 Å². The van der Waals surface area contributed by atoms with Crippen LogP contribution in [0.5, 0.6) is 5.75 Å². The Bertz CT molecular complexity index is 1290. The van der Waals surface area contributed by atoms with E-state index in [0.717, 1.165) is 11.3 Å². The SMILES string of the molecule is COc1ccc(CC(=O)NCc2nnc(SCC(=O)c3ccccc3)n2-c2ccc(F)cc2)cc1. The molecule has 35 heavy (non-hydrogen) atoms. The number of halogens is 1. The van der Waals surface area contributed by atoms with E-state index < -0.39 is 0 Å². The normalized spacial score (nSPS) is 10.7. The second-order valence-electron chi connectivity index (χ2n) is 7.59. The minimum atomic E-state index is -0.371. The summed E-state index contributed by atoms with van der Waals surface area (Å²) in [5, 5.41) is 11.8. The lowest BCUT2D eigenvalue weighted by molar-refractivity contribution is -0.120. The van der Waals surface area contributed by atoms with E-state index in [0.29, 0.717) is 22.2 Å². The molecule has 0 unspecified atom stereocenters. The third kappa shape index (κ3) is 6.33. The van der Waals surface area contributed by atoms with Crippen molar-refractivity contribution in [2.75, 3.05) is 12.9 Å². The van der Waals surface area contributed by atoms with Gasteiger partial charge in [0.25, 0.3) is 0 Å². The minimum Gasteiger partial charge on any atom is -0.497 e. The van der Waals surface area contributed by atoms with Crippen LogP contribution in [0.4, 0.5) is 4.39 Å². The van der Waals surface area contributed by atoms with E-state index in [1.54, 1.807) is 48.1 Å². The zero-order valence-electron chi connectivity index (χ0n) is 19.0. The third-order valence-corrected chi connectivity index (χ3v) is 6.11. The van der Waals surface area contributed by atoms with Crippen LogP contribution in [0.15, 0.2) is 84.0 Å². The summed E-state index contributed by atoms with van der Waals surface area (Å²) in [4.78, 5) is 25.1. The van der Waals surface area contributed by atoms with Gasteiger partial charge in [-0.1, -0.05) is 54.2 Å². The molecule has 0 aliphatic heterocycles. The Morgan fingerprint density at radius 1 is 0.971 bits per heavy atom. The number of Topliss-reactive ketones (excluding diaryl/α,β-unsaturated/α-hetero) is 1. The van der Waals surface area contributed by atoms with Crippen molar-refractivity contribution < 1.29 is 18.7 Å². The number of thioether (sulfide) groups is 1. The van der Waals surface area contributed by atoms with Crippen LogP contribution in [0, 0.1) is 5.82 Å². The predicted octanol–water partition coefficient (Wildman–Crippen LogP) is 4.25. The molecule has 4 rings (SSSR count). The summed E-state index contributed by atoms with van der Waals surface area (Å²) in [6.45, 7) is 0.118. The molecule has 0 fully saturated rings. The Balaban J connectivity index is 1.48. The van der Waals surface area contributed by atoms with Crippen molar-refractivity contribution in [3.05, 3.63) is 102 Å². The van der Waals surface area contributed by atoms with Gasteiger partial charge in [0.2, 0.25) is 5.91 Å². The summed E-state index contributed by atoms with van der Waals surface area (Å²) in [7, 11) is 1.59. The first kappa shape index (κ1) is 24.2. The number of benzene rings is 3. The first-order chi connectivity index (χ1) is 17.0. The fourth-order valence-corrected chi connectivity index (χ4v) is 4.23. The fourth-order valence-electron chi connectivity index (χ4n) is 3.36. The van der Waals surface area contributed by atoms with Crippen molar-refractivity contribution in [1.29, 1.82) is 0 Å². The van der Waals surface area contributed by atoms with Crippen LogP contribution in [-0.2, 0) is 17.8 Å². The van der Waals surface area contributed by atoms with E-state index in [4.69, 9.17) is 4.74 Å². The smallest absolute Gasteiger partial charge is 0.224 e. The zero-order valence-corrected chi connectivity index (χ0v) is 19.8. The van der Waals surface area contributed by atoms with Crippen molar-refractivity contribution in [1.82, 2.24) is 20.1 Å². The number of nitrogens with one attached hydrogen (secondary N) is 1. The lowest BCUT2D eigenvalue weighted by Crippen LogP contribution is -2.26. The average Bonchev–Trinajstić information content (AvgIpc) is 3.30. The van der Waals surface area contributed by atoms with Gasteiger partial charge in [-0.25, -0.2) is 4.39 Å². The molecule has 1 aromatic heterocycles. The predicted molar refractivity (Wildman–Crippen MR) is 131 cm³/mol. The first-order valence-corrected chi connectivity index (χ1v) is 11.8. The van der Waals surface area contributed by atoms with Gasteiger partial charge in [0.1, 0.15) is 11.6 Å². The van der Waals surface area contributed by atoms with Gasteiger partial charge >= 0.3 is 0 Å². The summed E-state index contributed by atoms with van der Waals surface area (Å²) in [5.74, 6) is 0.750. The maximum atomic E-state index is 13.5. The average molecular weight is 491 g/mol. The molecule has 4 aromatic rings. The molecule has 0 aliphatic carbocycles. The Morgan fingerprint density at radius 3 is 2.37 bits per heavy atom. The Labute approximate surface area is 206 Å². The van der Waals surface area contributed by atoms with Crippen LogP contribution in [-0.4, -0.2) is 39.3 Å². The summed E-state index contributed by atoms with van der Waals surface area (Å²) < 4.78 is 20.4. The summed E-state index contributed by atoms with van der Waals surface area (Å²) >= 11 is 1.23. The molecule has 178 valence electrons. The maximum Gasteiger partial charge on any atom is 0.224 e. The molecule has 0 spiro atoms. The minimum absolute atomic E-state index is 0.0430. The second kappa shape index (κ2) is 11.4. The maximum absolute atomic E-state index is 13.5. The number of carbonyl (C=O) groups excluding carboxylic acids is 2. The first-order valence-electron chi connectivity index (χ1n) is 10.8. The number of nitrogens with zero attached hydrogens (tertiary/aromatic N) is 3. The Morgan fingerprint density at radius 2 is 1.69 bits per heavy atom. The van der Waals surface area contributed by atoms with Crippen LogP contribution < -0.4 is 10.1 Å². The van der Waals surface area contributed by atoms with Crippen molar-refractivity contribution >= 4 is 23.5 Å². The van der Waals surface area contributed by atoms with Crippen LogP contribution in [0.3, 0.4) is 0 Å². The lowest BCUT2D eigenvalue weighted by atomic mass is 10.1. The molecule has 0 atom stereocenters. The van der Waals surface area contributed by atoms with Gasteiger partial charge in [-0.15, -0.1) is 10.2 Å². The molecular weight excluding hydrogens is 467 g/mol. The quantitative estimate of drug-likeness (QED) is 0.264. The second-order valence-corrected chi connectivity index (χ2v) is 8.53. The van der Waals surface area contributed by atoms with Gasteiger partial charge in [0, 0.05) is 11.3 Å². The summed E-state index contributed by atoms with van der Waals surface area (Å²) in [6.07, 6.45) is 0.196. The van der Waals surface area contributed by atoms with Gasteiger partial charge in [0.15, 0.2) is 16.8 Å². The molecule has 1 heterocycles. The molecule has 1 N–H and O–H groups in total. The monoisotopic (exact) mass is 490 g/mol. The fraction of sp³-hybridized carbons (Fsp3) is 0.154. The molecule has 1 amide bonds. The van der Waals surface area contributed by atoms with E-state index >= 15 is 0 Å². The van der Waals surface area contributed by atoms with E-state index in [9.17, 15) is 14.0 Å². The molecular formula is C26H23FN4O3S. The molecule has 0 radical (unpaired) electrons. The van der Waals surface area contributed by atoms with Crippen LogP contribution in [0.1, 0.15) is 21.7 Å². The summed E-state index contributed by atoms with van der Waals surface area (Å²) in [6, 6.07) is 22.1.